The normalized spacial score (nSPS) is 18.0. The molecule has 1 saturated carbocycles. The molecule has 28 heavy (non-hydrogen) atoms. The lowest BCUT2D eigenvalue weighted by Crippen LogP contribution is -2.36. The van der Waals surface area contributed by atoms with Gasteiger partial charge in [-0.1, -0.05) is 12.8 Å². The number of aromatic amines is 1. The van der Waals surface area contributed by atoms with E-state index in [1.54, 1.807) is 7.11 Å². The molecule has 0 bridgehead atoms. The highest BCUT2D eigenvalue weighted by Crippen LogP contribution is 2.44. The molecule has 1 aromatic heterocycles. The maximum atomic E-state index is 13.0. The largest absolute Gasteiger partial charge is 0.497 e. The second-order valence-electron chi connectivity index (χ2n) is 8.51. The maximum absolute atomic E-state index is 13.0. The second kappa shape index (κ2) is 6.09. The van der Waals surface area contributed by atoms with Crippen molar-refractivity contribution in [1.29, 1.82) is 0 Å². The summed E-state index contributed by atoms with van der Waals surface area (Å²) in [5.74, 6) is 2.65. The van der Waals surface area contributed by atoms with Gasteiger partial charge in [0, 0.05) is 12.1 Å². The minimum absolute atomic E-state index is 0.200. The Morgan fingerprint density at radius 2 is 1.96 bits per heavy atom. The fourth-order valence-corrected chi connectivity index (χ4v) is 4.16. The first-order valence-electron chi connectivity index (χ1n) is 9.98. The molecule has 2 aromatic carbocycles. The van der Waals surface area contributed by atoms with Crippen LogP contribution in [0.5, 0.6) is 5.75 Å². The molecule has 0 radical (unpaired) electrons. The van der Waals surface area contributed by atoms with E-state index in [2.05, 4.69) is 17.1 Å². The van der Waals surface area contributed by atoms with Crippen LogP contribution in [0.15, 0.2) is 36.4 Å². The Hall–Kier alpha value is -2.82. The number of benzene rings is 2. The van der Waals surface area contributed by atoms with E-state index in [4.69, 9.17) is 9.72 Å². The Kier molecular flexibility index (Phi) is 3.76. The Morgan fingerprint density at radius 1 is 1.21 bits per heavy atom. The van der Waals surface area contributed by atoms with Crippen molar-refractivity contribution in [2.24, 2.45) is 5.92 Å². The summed E-state index contributed by atoms with van der Waals surface area (Å²) in [4.78, 5) is 23.3. The minimum atomic E-state index is -0.502. The van der Waals surface area contributed by atoms with Crippen LogP contribution in [-0.2, 0) is 10.2 Å². The standard InChI is InChI=1S/C23H25N3O2/c1-23(2)17-12-18-19(13-20(17)26(22(23)27)11-10-14-4-5-14)25-21(24-18)15-6-8-16(28-3)9-7-15/h6-9,12-14H,4-5,10-11H2,1-3H3,(H,24,25). The highest BCUT2D eigenvalue weighted by atomic mass is 16.5. The van der Waals surface area contributed by atoms with E-state index in [0.717, 1.165) is 58.3 Å². The van der Waals surface area contributed by atoms with E-state index in [0.29, 0.717) is 0 Å². The topological polar surface area (TPSA) is 58.2 Å². The van der Waals surface area contributed by atoms with Crippen molar-refractivity contribution < 1.29 is 9.53 Å². The van der Waals surface area contributed by atoms with Crippen LogP contribution >= 0.6 is 0 Å². The van der Waals surface area contributed by atoms with Crippen molar-refractivity contribution in [1.82, 2.24) is 9.97 Å². The SMILES string of the molecule is COc1ccc(-c2nc3cc4c(cc3[nH]2)C(C)(C)C(=O)N4CCC2CC2)cc1. The smallest absolute Gasteiger partial charge is 0.237 e. The van der Waals surface area contributed by atoms with Crippen LogP contribution in [0.1, 0.15) is 38.7 Å². The van der Waals surface area contributed by atoms with Crippen LogP contribution in [0.25, 0.3) is 22.4 Å². The average molecular weight is 375 g/mol. The summed E-state index contributed by atoms with van der Waals surface area (Å²) >= 11 is 0. The van der Waals surface area contributed by atoms with Crippen molar-refractivity contribution in [3.8, 4) is 17.1 Å². The quantitative estimate of drug-likeness (QED) is 0.705. The van der Waals surface area contributed by atoms with Gasteiger partial charge in [0.2, 0.25) is 5.91 Å². The van der Waals surface area contributed by atoms with Gasteiger partial charge in [0.15, 0.2) is 0 Å². The van der Waals surface area contributed by atoms with Crippen molar-refractivity contribution in [2.45, 2.75) is 38.5 Å². The fourth-order valence-electron chi connectivity index (χ4n) is 4.16. The Morgan fingerprint density at radius 3 is 2.64 bits per heavy atom. The molecule has 2 aliphatic rings. The number of amides is 1. The van der Waals surface area contributed by atoms with E-state index >= 15 is 0 Å². The van der Waals surface area contributed by atoms with Gasteiger partial charge in [-0.05, 0) is 68.1 Å². The predicted octanol–water partition coefficient (Wildman–Crippen LogP) is 4.66. The van der Waals surface area contributed by atoms with Gasteiger partial charge in [-0.15, -0.1) is 0 Å². The summed E-state index contributed by atoms with van der Waals surface area (Å²) in [5, 5.41) is 0. The second-order valence-corrected chi connectivity index (χ2v) is 8.51. The van der Waals surface area contributed by atoms with Crippen LogP contribution in [0.4, 0.5) is 5.69 Å². The van der Waals surface area contributed by atoms with E-state index < -0.39 is 5.41 Å². The third-order valence-corrected chi connectivity index (χ3v) is 6.16. The molecule has 144 valence electrons. The van der Waals surface area contributed by atoms with Crippen molar-refractivity contribution in [3.05, 3.63) is 42.0 Å². The predicted molar refractivity (Wildman–Crippen MR) is 111 cm³/mol. The van der Waals surface area contributed by atoms with Crippen LogP contribution < -0.4 is 9.64 Å². The number of rotatable bonds is 5. The number of hydrogen-bond acceptors (Lipinski definition) is 3. The van der Waals surface area contributed by atoms with Gasteiger partial charge in [0.25, 0.3) is 0 Å². The molecule has 3 aromatic rings. The van der Waals surface area contributed by atoms with Gasteiger partial charge in [-0.2, -0.15) is 0 Å². The molecule has 1 aliphatic carbocycles. The lowest BCUT2D eigenvalue weighted by Gasteiger charge is -2.20. The number of imidazole rings is 1. The molecular formula is C23H25N3O2. The molecule has 1 amide bonds. The molecule has 2 heterocycles. The third-order valence-electron chi connectivity index (χ3n) is 6.16. The molecule has 0 spiro atoms. The number of anilines is 1. The summed E-state index contributed by atoms with van der Waals surface area (Å²) < 4.78 is 5.24. The van der Waals surface area contributed by atoms with Gasteiger partial charge in [0.1, 0.15) is 11.6 Å². The van der Waals surface area contributed by atoms with Crippen LogP contribution in [0.2, 0.25) is 0 Å². The van der Waals surface area contributed by atoms with Gasteiger partial charge in [0.05, 0.1) is 29.2 Å². The number of methoxy groups -OCH3 is 1. The lowest BCUT2D eigenvalue weighted by atomic mass is 9.86. The Bertz CT molecular complexity index is 1060. The third kappa shape index (κ3) is 2.68. The number of carbonyl (C=O) groups is 1. The molecule has 0 atom stereocenters. The van der Waals surface area contributed by atoms with Gasteiger partial charge >= 0.3 is 0 Å². The van der Waals surface area contributed by atoms with E-state index in [1.165, 1.54) is 12.8 Å². The molecule has 1 fully saturated rings. The zero-order chi connectivity index (χ0) is 19.5. The zero-order valence-corrected chi connectivity index (χ0v) is 16.6. The molecule has 1 N–H and O–H groups in total. The minimum Gasteiger partial charge on any atom is -0.497 e. The molecule has 0 saturated heterocycles. The fraction of sp³-hybridized carbons (Fsp3) is 0.391. The summed E-state index contributed by atoms with van der Waals surface area (Å²) in [6, 6.07) is 12.1. The van der Waals surface area contributed by atoms with Crippen molar-refractivity contribution in [3.63, 3.8) is 0 Å². The molecule has 1 aliphatic heterocycles. The molecule has 5 heteroatoms. The first-order valence-corrected chi connectivity index (χ1v) is 9.98. The van der Waals surface area contributed by atoms with E-state index in [-0.39, 0.29) is 5.91 Å². The maximum Gasteiger partial charge on any atom is 0.237 e. The van der Waals surface area contributed by atoms with Gasteiger partial charge in [-0.25, -0.2) is 4.98 Å². The van der Waals surface area contributed by atoms with Crippen molar-refractivity contribution >= 4 is 22.6 Å². The highest BCUT2D eigenvalue weighted by Gasteiger charge is 2.44. The number of aromatic nitrogens is 2. The number of carbonyl (C=O) groups excluding carboxylic acids is 1. The molecule has 5 rings (SSSR count). The first-order chi connectivity index (χ1) is 13.5. The monoisotopic (exact) mass is 375 g/mol. The number of hydrogen-bond donors (Lipinski definition) is 1. The summed E-state index contributed by atoms with van der Waals surface area (Å²) in [7, 11) is 1.66. The average Bonchev–Trinajstić information content (AvgIpc) is 3.40. The molecule has 5 nitrogen and oxygen atoms in total. The number of ether oxygens (including phenoxy) is 1. The zero-order valence-electron chi connectivity index (χ0n) is 16.6. The lowest BCUT2D eigenvalue weighted by molar-refractivity contribution is -0.122. The highest BCUT2D eigenvalue weighted by molar-refractivity contribution is 6.09. The number of H-pyrrole nitrogens is 1. The number of nitrogens with zero attached hydrogens (tertiary/aromatic N) is 2. The van der Waals surface area contributed by atoms with E-state index in [9.17, 15) is 4.79 Å². The van der Waals surface area contributed by atoms with E-state index in [1.807, 2.05) is 43.0 Å². The number of nitrogens with one attached hydrogen (secondary N) is 1. The van der Waals surface area contributed by atoms with Gasteiger partial charge < -0.3 is 14.6 Å². The summed E-state index contributed by atoms with van der Waals surface area (Å²) in [5.41, 5.74) is 4.49. The Balaban J connectivity index is 1.55. The Labute approximate surface area is 164 Å². The molecule has 0 unspecified atom stereocenters. The van der Waals surface area contributed by atoms with Crippen LogP contribution in [0.3, 0.4) is 0 Å². The summed E-state index contributed by atoms with van der Waals surface area (Å²) in [6.07, 6.45) is 3.71. The first kappa shape index (κ1) is 17.3. The van der Waals surface area contributed by atoms with Gasteiger partial charge in [-0.3, -0.25) is 4.79 Å². The molecular weight excluding hydrogens is 350 g/mol. The van der Waals surface area contributed by atoms with Crippen molar-refractivity contribution in [2.75, 3.05) is 18.6 Å². The summed E-state index contributed by atoms with van der Waals surface area (Å²) in [6.45, 7) is 4.86. The van der Waals surface area contributed by atoms with Crippen LogP contribution in [-0.4, -0.2) is 29.5 Å². The number of fused-ring (bicyclic) bond motifs is 2. The van der Waals surface area contributed by atoms with Crippen LogP contribution in [0, 0.1) is 5.92 Å².